The third-order valence-corrected chi connectivity index (χ3v) is 5.36. The number of methoxy groups -OCH3 is 1. The van der Waals surface area contributed by atoms with Gasteiger partial charge in [0.05, 0.1) is 18.7 Å². The molecule has 1 aliphatic carbocycles. The molecule has 35 heavy (non-hydrogen) atoms. The average Bonchev–Trinajstić information content (AvgIpc) is 3.32. The number of amides is 1. The lowest BCUT2D eigenvalue weighted by molar-refractivity contribution is -0.147. The summed E-state index contributed by atoms with van der Waals surface area (Å²) in [5.74, 6) is -4.89. The van der Waals surface area contributed by atoms with Crippen LogP contribution in [0.4, 0.5) is 30.6 Å². The Kier molecular flexibility index (Phi) is 7.13. The summed E-state index contributed by atoms with van der Waals surface area (Å²) in [6, 6.07) is 5.41. The second kappa shape index (κ2) is 10.4. The van der Waals surface area contributed by atoms with Crippen molar-refractivity contribution in [2.24, 2.45) is 5.92 Å². The van der Waals surface area contributed by atoms with Gasteiger partial charge in [0, 0.05) is 17.8 Å². The van der Waals surface area contributed by atoms with Gasteiger partial charge in [-0.25, -0.2) is 8.78 Å². The van der Waals surface area contributed by atoms with E-state index in [0.29, 0.717) is 25.7 Å². The predicted octanol–water partition coefficient (Wildman–Crippen LogP) is 3.99. The van der Waals surface area contributed by atoms with E-state index in [1.54, 1.807) is 0 Å². The summed E-state index contributed by atoms with van der Waals surface area (Å²) >= 11 is 0. The van der Waals surface area contributed by atoms with Crippen molar-refractivity contribution in [2.45, 2.75) is 31.8 Å². The van der Waals surface area contributed by atoms with Gasteiger partial charge in [-0.05, 0) is 43.9 Å². The molecule has 1 amide bonds. The fourth-order valence-corrected chi connectivity index (χ4v) is 3.57. The number of esters is 1. The van der Waals surface area contributed by atoms with E-state index in [4.69, 9.17) is 13.9 Å². The largest absolute Gasteiger partial charge is 0.474 e. The smallest absolute Gasteiger partial charge is 0.320 e. The molecular formula is C22H20F3N5O5. The Labute approximate surface area is 196 Å². The van der Waals surface area contributed by atoms with Crippen molar-refractivity contribution in [3.8, 4) is 5.88 Å². The van der Waals surface area contributed by atoms with Gasteiger partial charge in [-0.2, -0.15) is 9.37 Å². The van der Waals surface area contributed by atoms with Crippen LogP contribution in [0.15, 0.2) is 34.7 Å². The Bertz CT molecular complexity index is 1230. The Balaban J connectivity index is 1.33. The Hall–Kier alpha value is -4.16. The number of ether oxygens (including phenoxy) is 2. The SMILES string of the molecule is COC(=O)[C@H]1CC[C@@H](Oc2ccc(NC(=O)c3nnc(Nc4ccc(F)c(F)c4)o3)c(F)n2)CC1. The fourth-order valence-electron chi connectivity index (χ4n) is 3.57. The molecule has 10 nitrogen and oxygen atoms in total. The first kappa shape index (κ1) is 24.0. The maximum absolute atomic E-state index is 14.4. The van der Waals surface area contributed by atoms with E-state index in [2.05, 4.69) is 25.8 Å². The Morgan fingerprint density at radius 2 is 1.80 bits per heavy atom. The molecule has 4 rings (SSSR count). The van der Waals surface area contributed by atoms with Crippen molar-refractivity contribution in [1.82, 2.24) is 15.2 Å². The highest BCUT2D eigenvalue weighted by molar-refractivity contribution is 6.00. The second-order valence-corrected chi connectivity index (χ2v) is 7.72. The van der Waals surface area contributed by atoms with E-state index in [-0.39, 0.29) is 41.3 Å². The molecule has 0 spiro atoms. The molecule has 2 heterocycles. The molecule has 1 fully saturated rings. The molecule has 2 aromatic heterocycles. The number of nitrogens with one attached hydrogen (secondary N) is 2. The zero-order valence-corrected chi connectivity index (χ0v) is 18.4. The third-order valence-electron chi connectivity index (χ3n) is 5.36. The predicted molar refractivity (Wildman–Crippen MR) is 114 cm³/mol. The van der Waals surface area contributed by atoms with E-state index in [9.17, 15) is 22.8 Å². The third kappa shape index (κ3) is 5.86. The zero-order chi connectivity index (χ0) is 24.9. The number of carbonyl (C=O) groups excluding carboxylic acids is 2. The lowest BCUT2D eigenvalue weighted by Crippen LogP contribution is -2.28. The summed E-state index contributed by atoms with van der Waals surface area (Å²) in [5, 5.41) is 11.9. The topological polar surface area (TPSA) is 128 Å². The highest BCUT2D eigenvalue weighted by Crippen LogP contribution is 2.28. The molecular weight excluding hydrogens is 471 g/mol. The molecule has 0 aliphatic heterocycles. The molecule has 184 valence electrons. The molecule has 3 aromatic rings. The standard InChI is InChI=1S/C22H20F3N5O5/c1-33-21(32)11-2-5-13(6-3-11)34-17-9-8-16(18(25)28-17)27-19(31)20-29-30-22(35-20)26-12-4-7-14(23)15(24)10-12/h4,7-11,13H,2-3,5-6H2,1H3,(H,26,30)(H,27,31)/t11-,13+. The van der Waals surface area contributed by atoms with Crippen LogP contribution in [0.25, 0.3) is 0 Å². The van der Waals surface area contributed by atoms with Crippen LogP contribution in [-0.4, -0.2) is 40.3 Å². The van der Waals surface area contributed by atoms with Crippen LogP contribution in [0.1, 0.15) is 36.4 Å². The number of carbonyl (C=O) groups is 2. The van der Waals surface area contributed by atoms with E-state index in [1.165, 1.54) is 25.3 Å². The van der Waals surface area contributed by atoms with Gasteiger partial charge in [0.15, 0.2) is 11.6 Å². The monoisotopic (exact) mass is 491 g/mol. The normalized spacial score (nSPS) is 17.5. The minimum absolute atomic E-state index is 0.0397. The molecule has 0 saturated heterocycles. The van der Waals surface area contributed by atoms with Crippen molar-refractivity contribution in [1.29, 1.82) is 0 Å². The summed E-state index contributed by atoms with van der Waals surface area (Å²) in [6.07, 6.45) is 2.18. The number of benzene rings is 1. The zero-order valence-electron chi connectivity index (χ0n) is 18.4. The van der Waals surface area contributed by atoms with Crippen molar-refractivity contribution in [2.75, 3.05) is 17.7 Å². The highest BCUT2D eigenvalue weighted by atomic mass is 19.2. The van der Waals surface area contributed by atoms with Crippen molar-refractivity contribution < 1.29 is 36.7 Å². The van der Waals surface area contributed by atoms with Gasteiger partial charge >= 0.3 is 23.8 Å². The molecule has 0 unspecified atom stereocenters. The molecule has 0 radical (unpaired) electrons. The minimum Gasteiger partial charge on any atom is -0.474 e. The van der Waals surface area contributed by atoms with Crippen LogP contribution >= 0.6 is 0 Å². The average molecular weight is 491 g/mol. The van der Waals surface area contributed by atoms with Gasteiger partial charge in [-0.1, -0.05) is 5.10 Å². The molecule has 2 N–H and O–H groups in total. The molecule has 1 aromatic carbocycles. The summed E-state index contributed by atoms with van der Waals surface area (Å²) in [7, 11) is 1.35. The van der Waals surface area contributed by atoms with Gasteiger partial charge < -0.3 is 24.5 Å². The number of rotatable bonds is 7. The Morgan fingerprint density at radius 3 is 2.49 bits per heavy atom. The van der Waals surface area contributed by atoms with Crippen LogP contribution in [0, 0.1) is 23.5 Å². The van der Waals surface area contributed by atoms with Gasteiger partial charge in [0.2, 0.25) is 11.8 Å². The van der Waals surface area contributed by atoms with Crippen LogP contribution < -0.4 is 15.4 Å². The second-order valence-electron chi connectivity index (χ2n) is 7.72. The molecule has 13 heteroatoms. The quantitative estimate of drug-likeness (QED) is 0.372. The first-order valence-electron chi connectivity index (χ1n) is 10.6. The number of hydrogen-bond donors (Lipinski definition) is 2. The van der Waals surface area contributed by atoms with Crippen molar-refractivity contribution in [3.63, 3.8) is 0 Å². The first-order valence-corrected chi connectivity index (χ1v) is 10.6. The fraction of sp³-hybridized carbons (Fsp3) is 0.318. The summed E-state index contributed by atoms with van der Waals surface area (Å²) in [4.78, 5) is 27.7. The minimum atomic E-state index is -1.09. The van der Waals surface area contributed by atoms with E-state index < -0.39 is 29.4 Å². The van der Waals surface area contributed by atoms with E-state index in [1.807, 2.05) is 0 Å². The van der Waals surface area contributed by atoms with E-state index >= 15 is 0 Å². The number of nitrogens with zero attached hydrogens (tertiary/aromatic N) is 3. The first-order chi connectivity index (χ1) is 16.8. The highest BCUT2D eigenvalue weighted by Gasteiger charge is 2.28. The van der Waals surface area contributed by atoms with Crippen LogP contribution in [0.3, 0.4) is 0 Å². The lowest BCUT2D eigenvalue weighted by Gasteiger charge is -2.27. The van der Waals surface area contributed by atoms with Crippen LogP contribution in [-0.2, 0) is 9.53 Å². The Morgan fingerprint density at radius 1 is 1.03 bits per heavy atom. The lowest BCUT2D eigenvalue weighted by atomic mass is 9.87. The van der Waals surface area contributed by atoms with E-state index in [0.717, 1.165) is 12.1 Å². The number of aromatic nitrogens is 3. The summed E-state index contributed by atoms with van der Waals surface area (Å²) in [5.41, 5.74) is -0.130. The summed E-state index contributed by atoms with van der Waals surface area (Å²) < 4.78 is 56.3. The molecule has 0 atom stereocenters. The maximum Gasteiger partial charge on any atom is 0.320 e. The maximum atomic E-state index is 14.4. The number of hydrogen-bond acceptors (Lipinski definition) is 9. The molecule has 1 aliphatic rings. The van der Waals surface area contributed by atoms with Gasteiger partial charge in [-0.3, -0.25) is 9.59 Å². The van der Waals surface area contributed by atoms with Crippen molar-refractivity contribution >= 4 is 29.3 Å². The van der Waals surface area contributed by atoms with Gasteiger partial charge in [0.1, 0.15) is 6.10 Å². The molecule has 1 saturated carbocycles. The summed E-state index contributed by atoms with van der Waals surface area (Å²) in [6.45, 7) is 0. The van der Waals surface area contributed by atoms with Crippen molar-refractivity contribution in [3.05, 3.63) is 53.8 Å². The van der Waals surface area contributed by atoms with Gasteiger partial charge in [0.25, 0.3) is 0 Å². The molecule has 0 bridgehead atoms. The number of pyridine rings is 1. The van der Waals surface area contributed by atoms with Crippen LogP contribution in [0.5, 0.6) is 5.88 Å². The van der Waals surface area contributed by atoms with Crippen LogP contribution in [0.2, 0.25) is 0 Å². The number of anilines is 3. The number of halogens is 3. The van der Waals surface area contributed by atoms with Gasteiger partial charge in [-0.15, -0.1) is 5.10 Å².